The molecule has 0 saturated heterocycles. The normalized spacial score (nSPS) is 12.0. The highest BCUT2D eigenvalue weighted by atomic mass is 16.5. The summed E-state index contributed by atoms with van der Waals surface area (Å²) in [7, 11) is 0. The summed E-state index contributed by atoms with van der Waals surface area (Å²) < 4.78 is 11.9. The van der Waals surface area contributed by atoms with Crippen LogP contribution in [0.15, 0.2) is 48.5 Å². The van der Waals surface area contributed by atoms with Crippen molar-refractivity contribution >= 4 is 0 Å². The Hall–Kier alpha value is -2.08. The summed E-state index contributed by atoms with van der Waals surface area (Å²) in [6, 6.07) is 16.2. The van der Waals surface area contributed by atoms with Crippen LogP contribution in [0.25, 0.3) is 0 Å². The summed E-state index contributed by atoms with van der Waals surface area (Å²) in [5.74, 6) is 1.64. The first kappa shape index (κ1) is 20.2. The molecule has 0 spiro atoms. The summed E-state index contributed by atoms with van der Waals surface area (Å²) in [6.45, 7) is 8.50. The van der Waals surface area contributed by atoms with E-state index in [9.17, 15) is 5.11 Å². The van der Waals surface area contributed by atoms with Crippen molar-refractivity contribution in [3.63, 3.8) is 0 Å². The maximum absolute atomic E-state index is 9.29. The fourth-order valence-corrected chi connectivity index (χ4v) is 2.74. The first-order valence-corrected chi connectivity index (χ1v) is 9.43. The van der Waals surface area contributed by atoms with Gasteiger partial charge in [-0.2, -0.15) is 0 Å². The molecule has 26 heavy (non-hydrogen) atoms. The van der Waals surface area contributed by atoms with Crippen LogP contribution in [0.2, 0.25) is 0 Å². The van der Waals surface area contributed by atoms with Gasteiger partial charge in [-0.1, -0.05) is 36.4 Å². The first-order valence-electron chi connectivity index (χ1n) is 9.43. The first-order chi connectivity index (χ1) is 12.7. The molecule has 5 nitrogen and oxygen atoms in total. The van der Waals surface area contributed by atoms with E-state index in [2.05, 4.69) is 28.8 Å². The van der Waals surface area contributed by atoms with Gasteiger partial charge in [0.25, 0.3) is 0 Å². The summed E-state index contributed by atoms with van der Waals surface area (Å²) in [4.78, 5) is 0. The third-order valence-corrected chi connectivity index (χ3v) is 4.03. The second-order valence-corrected chi connectivity index (χ2v) is 6.40. The highest BCUT2D eigenvalue weighted by Gasteiger charge is 2.13. The molecule has 2 aromatic carbocycles. The van der Waals surface area contributed by atoms with Crippen LogP contribution < -0.4 is 20.1 Å². The van der Waals surface area contributed by atoms with Crippen LogP contribution in [0, 0.1) is 0 Å². The van der Waals surface area contributed by atoms with E-state index in [1.165, 1.54) is 0 Å². The number of ether oxygens (including phenoxy) is 2. The molecule has 0 aliphatic carbocycles. The molecule has 0 amide bonds. The van der Waals surface area contributed by atoms with Gasteiger partial charge in [-0.15, -0.1) is 0 Å². The van der Waals surface area contributed by atoms with Crippen LogP contribution >= 0.6 is 0 Å². The Labute approximate surface area is 156 Å². The molecule has 0 aromatic heterocycles. The number of hydrogen-bond acceptors (Lipinski definition) is 3. The Kier molecular flexibility index (Phi) is 8.96. The third kappa shape index (κ3) is 7.04. The second kappa shape index (κ2) is 11.5. The molecule has 0 bridgehead atoms. The molecule has 0 fully saturated rings. The van der Waals surface area contributed by atoms with Gasteiger partial charge in [0, 0.05) is 0 Å². The van der Waals surface area contributed by atoms with E-state index in [0.717, 1.165) is 48.8 Å². The Morgan fingerprint density at radius 2 is 1.73 bits per heavy atom. The molecule has 5 heteroatoms. The van der Waals surface area contributed by atoms with Gasteiger partial charge in [-0.25, -0.2) is 0 Å². The van der Waals surface area contributed by atoms with Gasteiger partial charge in [0.05, 0.1) is 18.3 Å². The predicted octanol–water partition coefficient (Wildman–Crippen LogP) is 0.672. The maximum atomic E-state index is 9.29. The number of aliphatic hydroxyl groups is 1. The Morgan fingerprint density at radius 3 is 2.46 bits per heavy atom. The number of nitrogens with two attached hydrogens (primary N) is 2. The molecule has 5 N–H and O–H groups in total. The fourth-order valence-electron chi connectivity index (χ4n) is 2.74. The average Bonchev–Trinajstić information content (AvgIpc) is 2.64. The SMILES string of the molecule is CCOc1cccc(C[NH2+]CC[NH2+]C[C@@H](C)O)c1OCc1ccccc1. The average molecular weight is 360 g/mol. The number of benzene rings is 2. The lowest BCUT2D eigenvalue weighted by atomic mass is 10.1. The van der Waals surface area contributed by atoms with Crippen LogP contribution in [0.3, 0.4) is 0 Å². The molecule has 2 aromatic rings. The van der Waals surface area contributed by atoms with Crippen LogP contribution in [0.5, 0.6) is 11.5 Å². The van der Waals surface area contributed by atoms with Crippen molar-refractivity contribution < 1.29 is 25.2 Å². The molecule has 0 aliphatic heterocycles. The number of rotatable bonds is 12. The highest BCUT2D eigenvalue weighted by molar-refractivity contribution is 5.46. The lowest BCUT2D eigenvalue weighted by Crippen LogP contribution is -2.95. The number of aliphatic hydroxyl groups excluding tert-OH is 1. The van der Waals surface area contributed by atoms with Gasteiger partial charge < -0.3 is 25.2 Å². The molecule has 0 saturated carbocycles. The van der Waals surface area contributed by atoms with E-state index >= 15 is 0 Å². The van der Waals surface area contributed by atoms with Crippen molar-refractivity contribution in [2.45, 2.75) is 33.1 Å². The van der Waals surface area contributed by atoms with Crippen molar-refractivity contribution in [1.82, 2.24) is 0 Å². The van der Waals surface area contributed by atoms with E-state index in [0.29, 0.717) is 13.2 Å². The molecular weight excluding hydrogens is 328 g/mol. The second-order valence-electron chi connectivity index (χ2n) is 6.40. The Balaban J connectivity index is 1.94. The Bertz CT molecular complexity index is 632. The lowest BCUT2D eigenvalue weighted by Gasteiger charge is -2.15. The minimum Gasteiger partial charge on any atom is -0.490 e. The molecule has 0 radical (unpaired) electrons. The number of quaternary nitrogens is 2. The molecular formula is C21H32N2O3+2. The fraction of sp³-hybridized carbons (Fsp3) is 0.429. The van der Waals surface area contributed by atoms with Gasteiger partial charge in [0.15, 0.2) is 11.5 Å². The van der Waals surface area contributed by atoms with E-state index < -0.39 is 0 Å². The molecule has 2 rings (SSSR count). The van der Waals surface area contributed by atoms with Crippen LogP contribution in [-0.4, -0.2) is 37.5 Å². The van der Waals surface area contributed by atoms with Crippen molar-refractivity contribution in [3.8, 4) is 11.5 Å². The van der Waals surface area contributed by atoms with E-state index in [4.69, 9.17) is 9.47 Å². The predicted molar refractivity (Wildman–Crippen MR) is 102 cm³/mol. The molecule has 0 heterocycles. The summed E-state index contributed by atoms with van der Waals surface area (Å²) >= 11 is 0. The number of hydrogen-bond donors (Lipinski definition) is 3. The van der Waals surface area contributed by atoms with Crippen LogP contribution in [0.4, 0.5) is 0 Å². The molecule has 1 atom stereocenters. The summed E-state index contributed by atoms with van der Waals surface area (Å²) in [5, 5.41) is 13.7. The minimum absolute atomic E-state index is 0.254. The van der Waals surface area contributed by atoms with Crippen molar-refractivity contribution in [2.24, 2.45) is 0 Å². The van der Waals surface area contributed by atoms with Crippen LogP contribution in [-0.2, 0) is 13.2 Å². The quantitative estimate of drug-likeness (QED) is 0.487. The van der Waals surface area contributed by atoms with Gasteiger partial charge in [0.2, 0.25) is 0 Å². The monoisotopic (exact) mass is 360 g/mol. The van der Waals surface area contributed by atoms with Gasteiger partial charge in [0.1, 0.15) is 32.8 Å². The largest absolute Gasteiger partial charge is 0.490 e. The van der Waals surface area contributed by atoms with E-state index in [1.807, 2.05) is 44.2 Å². The van der Waals surface area contributed by atoms with Gasteiger partial charge >= 0.3 is 0 Å². The minimum atomic E-state index is -0.254. The summed E-state index contributed by atoms with van der Waals surface area (Å²) in [5.41, 5.74) is 2.28. The summed E-state index contributed by atoms with van der Waals surface area (Å²) in [6.07, 6.45) is -0.254. The van der Waals surface area contributed by atoms with E-state index in [1.54, 1.807) is 0 Å². The smallest absolute Gasteiger partial charge is 0.170 e. The zero-order valence-corrected chi connectivity index (χ0v) is 15.9. The van der Waals surface area contributed by atoms with Crippen molar-refractivity contribution in [2.75, 3.05) is 26.2 Å². The third-order valence-electron chi connectivity index (χ3n) is 4.03. The maximum Gasteiger partial charge on any atom is 0.170 e. The number of para-hydroxylation sites is 1. The zero-order valence-electron chi connectivity index (χ0n) is 15.9. The molecule has 0 aliphatic rings. The van der Waals surface area contributed by atoms with Crippen molar-refractivity contribution in [1.29, 1.82) is 0 Å². The van der Waals surface area contributed by atoms with Gasteiger partial charge in [-0.3, -0.25) is 0 Å². The lowest BCUT2D eigenvalue weighted by molar-refractivity contribution is -0.733. The topological polar surface area (TPSA) is 71.9 Å². The molecule has 0 unspecified atom stereocenters. The van der Waals surface area contributed by atoms with Gasteiger partial charge in [-0.05, 0) is 31.5 Å². The zero-order chi connectivity index (χ0) is 18.6. The van der Waals surface area contributed by atoms with Crippen molar-refractivity contribution in [3.05, 3.63) is 59.7 Å². The Morgan fingerprint density at radius 1 is 0.962 bits per heavy atom. The molecule has 142 valence electrons. The van der Waals surface area contributed by atoms with Crippen LogP contribution in [0.1, 0.15) is 25.0 Å². The standard InChI is InChI=1S/C21H30N2O3/c1-3-25-20-11-7-10-19(15-23-13-12-22-14-17(2)24)21(20)26-16-18-8-5-4-6-9-18/h4-11,17,22-24H,3,12-16H2,1-2H3/p+2/t17-/m1/s1. The highest BCUT2D eigenvalue weighted by Crippen LogP contribution is 2.31. The van der Waals surface area contributed by atoms with E-state index in [-0.39, 0.29) is 6.10 Å².